The number of nitrogens with two attached hydrogens (primary N) is 1. The van der Waals surface area contributed by atoms with E-state index < -0.39 is 0 Å². The Hall–Kier alpha value is -0.490. The molecule has 1 aliphatic rings. The molecule has 0 aromatic heterocycles. The van der Waals surface area contributed by atoms with E-state index in [-0.39, 0.29) is 0 Å². The van der Waals surface area contributed by atoms with Crippen molar-refractivity contribution >= 4 is 34.0 Å². The molecule has 0 radical (unpaired) electrons. The third-order valence-electron chi connectivity index (χ3n) is 3.02. The van der Waals surface area contributed by atoms with Crippen LogP contribution in [-0.2, 0) is 4.74 Å². The molecule has 1 saturated heterocycles. The summed E-state index contributed by atoms with van der Waals surface area (Å²) in [5, 5.41) is 0. The predicted octanol–water partition coefficient (Wildman–Crippen LogP) is 2.49. The second kappa shape index (κ2) is 5.23. The molecule has 1 unspecified atom stereocenters. The monoisotopic (exact) mass is 332 g/mol. The fourth-order valence-electron chi connectivity index (χ4n) is 2.13. The summed E-state index contributed by atoms with van der Waals surface area (Å²) in [6, 6.07) is 6.09. The number of methoxy groups -OCH3 is 1. The molecule has 1 fully saturated rings. The van der Waals surface area contributed by atoms with Gasteiger partial charge in [-0.15, -0.1) is 0 Å². The summed E-state index contributed by atoms with van der Waals surface area (Å²) >= 11 is 2.35. The van der Waals surface area contributed by atoms with Crippen LogP contribution in [0.4, 0.5) is 11.4 Å². The quantitative estimate of drug-likeness (QED) is 0.668. The number of hydrogen-bond acceptors (Lipinski definition) is 3. The van der Waals surface area contributed by atoms with E-state index in [1.807, 2.05) is 12.1 Å². The Bertz CT molecular complexity index is 370. The molecule has 4 heteroatoms. The summed E-state index contributed by atoms with van der Waals surface area (Å²) in [6.07, 6.45) is 2.72. The van der Waals surface area contributed by atoms with E-state index >= 15 is 0 Å². The highest BCUT2D eigenvalue weighted by atomic mass is 127. The molecule has 3 nitrogen and oxygen atoms in total. The summed E-state index contributed by atoms with van der Waals surface area (Å²) in [5.74, 6) is 0. The van der Waals surface area contributed by atoms with Gasteiger partial charge in [0.25, 0.3) is 0 Å². The fourth-order valence-corrected chi connectivity index (χ4v) is 3.01. The van der Waals surface area contributed by atoms with E-state index in [1.165, 1.54) is 22.1 Å². The van der Waals surface area contributed by atoms with Crippen molar-refractivity contribution in [3.63, 3.8) is 0 Å². The molecule has 0 saturated carbocycles. The first-order valence-electron chi connectivity index (χ1n) is 5.53. The van der Waals surface area contributed by atoms with Gasteiger partial charge in [0, 0.05) is 29.5 Å². The van der Waals surface area contributed by atoms with Crippen molar-refractivity contribution in [1.82, 2.24) is 0 Å². The van der Waals surface area contributed by atoms with Gasteiger partial charge in [0.15, 0.2) is 0 Å². The number of benzene rings is 1. The van der Waals surface area contributed by atoms with Crippen molar-refractivity contribution in [2.75, 3.05) is 30.8 Å². The Kier molecular flexibility index (Phi) is 3.91. The number of piperidine rings is 1. The molecular weight excluding hydrogens is 315 g/mol. The average Bonchev–Trinajstić information content (AvgIpc) is 2.29. The van der Waals surface area contributed by atoms with Crippen LogP contribution in [0.2, 0.25) is 0 Å². The van der Waals surface area contributed by atoms with Gasteiger partial charge in [0.2, 0.25) is 0 Å². The van der Waals surface area contributed by atoms with Crippen molar-refractivity contribution < 1.29 is 4.74 Å². The van der Waals surface area contributed by atoms with Gasteiger partial charge in [-0.3, -0.25) is 0 Å². The molecule has 1 heterocycles. The minimum Gasteiger partial charge on any atom is -0.399 e. The molecule has 2 N–H and O–H groups in total. The molecule has 0 amide bonds. The van der Waals surface area contributed by atoms with Crippen LogP contribution in [0.15, 0.2) is 18.2 Å². The first kappa shape index (κ1) is 12.0. The second-order valence-corrected chi connectivity index (χ2v) is 5.32. The number of halogens is 1. The summed E-state index contributed by atoms with van der Waals surface area (Å²) in [5.41, 5.74) is 7.86. The van der Waals surface area contributed by atoms with Crippen LogP contribution in [0.5, 0.6) is 0 Å². The second-order valence-electron chi connectivity index (χ2n) is 4.16. The molecule has 0 spiro atoms. The summed E-state index contributed by atoms with van der Waals surface area (Å²) in [7, 11) is 1.79. The molecule has 88 valence electrons. The lowest BCUT2D eigenvalue weighted by molar-refractivity contribution is 0.0893. The largest absolute Gasteiger partial charge is 0.399 e. The zero-order valence-electron chi connectivity index (χ0n) is 9.45. The van der Waals surface area contributed by atoms with E-state index in [2.05, 4.69) is 33.6 Å². The van der Waals surface area contributed by atoms with Gasteiger partial charge in [-0.05, 0) is 53.6 Å². The minimum atomic E-state index is 0.363. The van der Waals surface area contributed by atoms with Crippen LogP contribution in [0, 0.1) is 3.57 Å². The number of hydrogen-bond donors (Lipinski definition) is 1. The van der Waals surface area contributed by atoms with Crippen molar-refractivity contribution in [2.24, 2.45) is 0 Å². The van der Waals surface area contributed by atoms with Crippen molar-refractivity contribution in [1.29, 1.82) is 0 Å². The molecule has 1 atom stereocenters. The molecule has 1 aliphatic heterocycles. The van der Waals surface area contributed by atoms with Gasteiger partial charge in [-0.2, -0.15) is 0 Å². The van der Waals surface area contributed by atoms with Crippen LogP contribution in [0.1, 0.15) is 12.8 Å². The summed E-state index contributed by atoms with van der Waals surface area (Å²) in [4.78, 5) is 2.39. The fraction of sp³-hybridized carbons (Fsp3) is 0.500. The average molecular weight is 332 g/mol. The standard InChI is InChI=1S/C12H17IN2O/c1-16-10-3-2-6-15(8-10)12-5-4-9(14)7-11(12)13/h4-5,7,10H,2-3,6,8,14H2,1H3. The van der Waals surface area contributed by atoms with Crippen LogP contribution >= 0.6 is 22.6 Å². The number of nitrogen functional groups attached to an aromatic ring is 1. The third kappa shape index (κ3) is 2.60. The molecular formula is C12H17IN2O. The number of ether oxygens (including phenoxy) is 1. The maximum Gasteiger partial charge on any atom is 0.0746 e. The van der Waals surface area contributed by atoms with Gasteiger partial charge < -0.3 is 15.4 Å². The first-order valence-corrected chi connectivity index (χ1v) is 6.61. The van der Waals surface area contributed by atoms with Crippen molar-refractivity contribution in [3.05, 3.63) is 21.8 Å². The molecule has 0 aliphatic carbocycles. The number of rotatable bonds is 2. The zero-order valence-corrected chi connectivity index (χ0v) is 11.6. The Morgan fingerprint density at radius 3 is 3.00 bits per heavy atom. The molecule has 0 bridgehead atoms. The van der Waals surface area contributed by atoms with E-state index in [0.717, 1.165) is 18.8 Å². The van der Waals surface area contributed by atoms with Gasteiger partial charge in [-0.25, -0.2) is 0 Å². The van der Waals surface area contributed by atoms with E-state index in [9.17, 15) is 0 Å². The zero-order chi connectivity index (χ0) is 11.5. The lowest BCUT2D eigenvalue weighted by Gasteiger charge is -2.34. The van der Waals surface area contributed by atoms with E-state index in [0.29, 0.717) is 6.10 Å². The highest BCUT2D eigenvalue weighted by Gasteiger charge is 2.20. The van der Waals surface area contributed by atoms with Gasteiger partial charge in [0.1, 0.15) is 0 Å². The van der Waals surface area contributed by atoms with Crippen molar-refractivity contribution in [3.8, 4) is 0 Å². The Labute approximate surface area is 110 Å². The third-order valence-corrected chi connectivity index (χ3v) is 3.89. The first-order chi connectivity index (χ1) is 7.70. The van der Waals surface area contributed by atoms with E-state index in [1.54, 1.807) is 7.11 Å². The van der Waals surface area contributed by atoms with Crippen LogP contribution < -0.4 is 10.6 Å². The Morgan fingerprint density at radius 1 is 1.50 bits per heavy atom. The number of nitrogens with zero attached hydrogens (tertiary/aromatic N) is 1. The van der Waals surface area contributed by atoms with Crippen molar-refractivity contribution in [2.45, 2.75) is 18.9 Å². The smallest absolute Gasteiger partial charge is 0.0746 e. The maximum absolute atomic E-state index is 5.76. The van der Waals surface area contributed by atoms with Gasteiger partial charge in [-0.1, -0.05) is 0 Å². The maximum atomic E-state index is 5.76. The Balaban J connectivity index is 2.16. The molecule has 1 aromatic rings. The van der Waals surface area contributed by atoms with E-state index in [4.69, 9.17) is 10.5 Å². The molecule has 2 rings (SSSR count). The lowest BCUT2D eigenvalue weighted by atomic mass is 10.1. The summed E-state index contributed by atoms with van der Waals surface area (Å²) < 4.78 is 6.65. The minimum absolute atomic E-state index is 0.363. The highest BCUT2D eigenvalue weighted by molar-refractivity contribution is 14.1. The van der Waals surface area contributed by atoms with Gasteiger partial charge >= 0.3 is 0 Å². The molecule has 16 heavy (non-hydrogen) atoms. The normalized spacial score (nSPS) is 21.1. The van der Waals surface area contributed by atoms with Gasteiger partial charge in [0.05, 0.1) is 11.8 Å². The predicted molar refractivity (Wildman–Crippen MR) is 75.8 cm³/mol. The summed E-state index contributed by atoms with van der Waals surface area (Å²) in [6.45, 7) is 2.09. The SMILES string of the molecule is COC1CCCN(c2ccc(N)cc2I)C1. The molecule has 1 aromatic carbocycles. The van der Waals surface area contributed by atoms with Crippen LogP contribution in [0.25, 0.3) is 0 Å². The van der Waals surface area contributed by atoms with Crippen LogP contribution in [0.3, 0.4) is 0 Å². The topological polar surface area (TPSA) is 38.5 Å². The lowest BCUT2D eigenvalue weighted by Crippen LogP contribution is -2.39. The Morgan fingerprint density at radius 2 is 2.31 bits per heavy atom. The van der Waals surface area contributed by atoms with Crippen LogP contribution in [-0.4, -0.2) is 26.3 Å². The number of anilines is 2. The highest BCUT2D eigenvalue weighted by Crippen LogP contribution is 2.27.